The van der Waals surface area contributed by atoms with Crippen LogP contribution in [0.2, 0.25) is 5.02 Å². The van der Waals surface area contributed by atoms with E-state index in [-0.39, 0.29) is 0 Å². The van der Waals surface area contributed by atoms with Gasteiger partial charge in [-0.2, -0.15) is 5.26 Å². The van der Waals surface area contributed by atoms with Crippen molar-refractivity contribution in [2.45, 2.75) is 12.8 Å². The Morgan fingerprint density at radius 2 is 1.54 bits per heavy atom. The van der Waals surface area contributed by atoms with E-state index in [1.54, 1.807) is 28.0 Å². The van der Waals surface area contributed by atoms with Crippen LogP contribution in [-0.2, 0) is 9.59 Å². The van der Waals surface area contributed by atoms with Gasteiger partial charge in [0.1, 0.15) is 6.07 Å². The third-order valence-corrected chi connectivity index (χ3v) is 4.87. The predicted molar refractivity (Wildman–Crippen MR) is 90.8 cm³/mol. The van der Waals surface area contributed by atoms with E-state index in [2.05, 4.69) is 6.07 Å². The van der Waals surface area contributed by atoms with E-state index >= 15 is 0 Å². The van der Waals surface area contributed by atoms with E-state index in [4.69, 9.17) is 11.6 Å². The van der Waals surface area contributed by atoms with Crippen molar-refractivity contribution in [3.63, 3.8) is 0 Å². The Hall–Kier alpha value is -2.26. The van der Waals surface area contributed by atoms with Gasteiger partial charge < -0.3 is 14.7 Å². The monoisotopic (exact) mass is 346 g/mol. The molecular weight excluding hydrogens is 328 g/mol. The summed E-state index contributed by atoms with van der Waals surface area (Å²) in [5, 5.41) is 9.79. The zero-order valence-corrected chi connectivity index (χ0v) is 14.1. The summed E-state index contributed by atoms with van der Waals surface area (Å²) >= 11 is 6.24. The second-order valence-electron chi connectivity index (χ2n) is 6.03. The number of carbonyl (C=O) groups excluding carboxylic acids is 2. The fourth-order valence-electron chi connectivity index (χ4n) is 3.25. The minimum Gasteiger partial charge on any atom is -0.366 e. The average molecular weight is 347 g/mol. The third kappa shape index (κ3) is 3.17. The van der Waals surface area contributed by atoms with Crippen molar-refractivity contribution in [3.8, 4) is 6.07 Å². The number of likely N-dealkylation sites (tertiary alicyclic amines) is 1. The Kier molecular flexibility index (Phi) is 4.91. The van der Waals surface area contributed by atoms with Crippen LogP contribution in [0.5, 0.6) is 0 Å². The normalized spacial score (nSPS) is 17.8. The first kappa shape index (κ1) is 16.6. The highest BCUT2D eigenvalue weighted by molar-refractivity contribution is 6.35. The van der Waals surface area contributed by atoms with Gasteiger partial charge in [-0.05, 0) is 25.0 Å². The maximum absolute atomic E-state index is 12.4. The second kappa shape index (κ2) is 7.10. The van der Waals surface area contributed by atoms with Crippen molar-refractivity contribution in [1.82, 2.24) is 9.80 Å². The Morgan fingerprint density at radius 1 is 0.958 bits per heavy atom. The summed E-state index contributed by atoms with van der Waals surface area (Å²) in [5.41, 5.74) is 1.23. The number of benzene rings is 1. The van der Waals surface area contributed by atoms with E-state index in [1.807, 2.05) is 4.90 Å². The molecule has 1 aromatic carbocycles. The standard InChI is InChI=1S/C17H19ClN4O2/c18-14-5-3-4-13(12-19)15(14)20-8-10-22(11-9-20)17(24)16(23)21-6-1-2-7-21/h3-5H,1-2,6-11H2. The first-order chi connectivity index (χ1) is 11.6. The van der Waals surface area contributed by atoms with Gasteiger partial charge in [-0.1, -0.05) is 17.7 Å². The van der Waals surface area contributed by atoms with E-state index in [0.29, 0.717) is 55.5 Å². The summed E-state index contributed by atoms with van der Waals surface area (Å²) in [4.78, 5) is 29.8. The van der Waals surface area contributed by atoms with Crippen molar-refractivity contribution in [3.05, 3.63) is 28.8 Å². The third-order valence-electron chi connectivity index (χ3n) is 4.57. The zero-order chi connectivity index (χ0) is 17.1. The Morgan fingerprint density at radius 3 is 2.12 bits per heavy atom. The molecule has 2 aliphatic rings. The van der Waals surface area contributed by atoms with E-state index in [1.165, 1.54) is 0 Å². The lowest BCUT2D eigenvalue weighted by Crippen LogP contribution is -2.53. The molecule has 2 amide bonds. The van der Waals surface area contributed by atoms with Gasteiger partial charge in [-0.15, -0.1) is 0 Å². The van der Waals surface area contributed by atoms with Crippen molar-refractivity contribution >= 4 is 29.1 Å². The summed E-state index contributed by atoms with van der Waals surface area (Å²) in [6, 6.07) is 7.39. The maximum atomic E-state index is 12.4. The average Bonchev–Trinajstić information content (AvgIpc) is 3.15. The lowest BCUT2D eigenvalue weighted by Gasteiger charge is -2.36. The summed E-state index contributed by atoms with van der Waals surface area (Å²) in [6.45, 7) is 3.36. The minimum absolute atomic E-state index is 0.392. The van der Waals surface area contributed by atoms with Gasteiger partial charge in [0, 0.05) is 39.3 Å². The van der Waals surface area contributed by atoms with Crippen LogP contribution in [-0.4, -0.2) is 60.9 Å². The van der Waals surface area contributed by atoms with Gasteiger partial charge >= 0.3 is 11.8 Å². The van der Waals surface area contributed by atoms with Crippen LogP contribution in [0.4, 0.5) is 5.69 Å². The number of anilines is 1. The number of carbonyl (C=O) groups is 2. The fraction of sp³-hybridized carbons (Fsp3) is 0.471. The Labute approximate surface area is 146 Å². The van der Waals surface area contributed by atoms with Crippen LogP contribution in [0.3, 0.4) is 0 Å². The molecule has 0 unspecified atom stereocenters. The minimum atomic E-state index is -0.420. The Bertz CT molecular complexity index is 686. The summed E-state index contributed by atoms with van der Waals surface area (Å²) < 4.78 is 0. The van der Waals surface area contributed by atoms with Crippen LogP contribution >= 0.6 is 11.6 Å². The van der Waals surface area contributed by atoms with Crippen molar-refractivity contribution in [2.24, 2.45) is 0 Å². The lowest BCUT2D eigenvalue weighted by molar-refractivity contribution is -0.151. The quantitative estimate of drug-likeness (QED) is 0.722. The molecule has 0 atom stereocenters. The van der Waals surface area contributed by atoms with E-state index in [0.717, 1.165) is 12.8 Å². The van der Waals surface area contributed by atoms with Gasteiger partial charge in [0.2, 0.25) is 0 Å². The molecule has 0 aromatic heterocycles. The molecule has 126 valence electrons. The van der Waals surface area contributed by atoms with Gasteiger partial charge in [-0.3, -0.25) is 9.59 Å². The molecule has 2 heterocycles. The molecule has 24 heavy (non-hydrogen) atoms. The number of hydrogen-bond acceptors (Lipinski definition) is 4. The lowest BCUT2D eigenvalue weighted by atomic mass is 10.1. The van der Waals surface area contributed by atoms with Crippen molar-refractivity contribution < 1.29 is 9.59 Å². The SMILES string of the molecule is N#Cc1cccc(Cl)c1N1CCN(C(=O)C(=O)N2CCCC2)CC1. The number of hydrogen-bond donors (Lipinski definition) is 0. The first-order valence-corrected chi connectivity index (χ1v) is 8.51. The summed E-state index contributed by atoms with van der Waals surface area (Å²) in [5.74, 6) is -0.812. The number of nitriles is 1. The van der Waals surface area contributed by atoms with Crippen LogP contribution in [0.15, 0.2) is 18.2 Å². The maximum Gasteiger partial charge on any atom is 0.312 e. The predicted octanol–water partition coefficient (Wildman–Crippen LogP) is 1.48. The number of nitrogens with zero attached hydrogens (tertiary/aromatic N) is 4. The summed E-state index contributed by atoms with van der Waals surface area (Å²) in [7, 11) is 0. The van der Waals surface area contributed by atoms with Crippen LogP contribution in [0, 0.1) is 11.3 Å². The van der Waals surface area contributed by atoms with Gasteiger partial charge in [0.15, 0.2) is 0 Å². The number of para-hydroxylation sites is 1. The highest BCUT2D eigenvalue weighted by atomic mass is 35.5. The molecule has 2 aliphatic heterocycles. The molecule has 2 saturated heterocycles. The smallest absolute Gasteiger partial charge is 0.312 e. The molecule has 0 aliphatic carbocycles. The molecule has 0 radical (unpaired) electrons. The number of rotatable bonds is 1. The van der Waals surface area contributed by atoms with E-state index < -0.39 is 11.8 Å². The second-order valence-corrected chi connectivity index (χ2v) is 6.43. The molecule has 7 heteroatoms. The molecule has 3 rings (SSSR count). The largest absolute Gasteiger partial charge is 0.366 e. The molecule has 0 N–H and O–H groups in total. The summed E-state index contributed by atoms with van der Waals surface area (Å²) in [6.07, 6.45) is 1.94. The van der Waals surface area contributed by atoms with Gasteiger partial charge in [0.25, 0.3) is 0 Å². The van der Waals surface area contributed by atoms with Crippen molar-refractivity contribution in [1.29, 1.82) is 5.26 Å². The molecule has 1 aromatic rings. The topological polar surface area (TPSA) is 67.6 Å². The fourth-order valence-corrected chi connectivity index (χ4v) is 3.54. The molecule has 6 nitrogen and oxygen atoms in total. The molecule has 0 spiro atoms. The first-order valence-electron chi connectivity index (χ1n) is 8.13. The van der Waals surface area contributed by atoms with Crippen molar-refractivity contribution in [2.75, 3.05) is 44.2 Å². The number of amides is 2. The van der Waals surface area contributed by atoms with Crippen LogP contribution in [0.1, 0.15) is 18.4 Å². The van der Waals surface area contributed by atoms with E-state index in [9.17, 15) is 14.9 Å². The van der Waals surface area contributed by atoms with Gasteiger partial charge in [-0.25, -0.2) is 0 Å². The highest BCUT2D eigenvalue weighted by Gasteiger charge is 2.31. The van der Waals surface area contributed by atoms with Gasteiger partial charge in [0.05, 0.1) is 16.3 Å². The number of halogens is 1. The van der Waals surface area contributed by atoms with Crippen LogP contribution < -0.4 is 4.90 Å². The Balaban J connectivity index is 1.65. The zero-order valence-electron chi connectivity index (χ0n) is 13.4. The molecule has 0 bridgehead atoms. The molecule has 2 fully saturated rings. The van der Waals surface area contributed by atoms with Crippen LogP contribution in [0.25, 0.3) is 0 Å². The highest BCUT2D eigenvalue weighted by Crippen LogP contribution is 2.30. The number of piperazine rings is 1. The molecule has 0 saturated carbocycles. The molecular formula is C17H19ClN4O2.